The Balaban J connectivity index is 1.05. The highest BCUT2D eigenvalue weighted by Crippen LogP contribution is 2.35. The number of rotatable bonds is 5. The molecule has 3 aromatic carbocycles. The second-order valence-electron chi connectivity index (χ2n) is 10.0. The number of pyridine rings is 1. The first kappa shape index (κ1) is 24.2. The fraction of sp³-hybridized carbons (Fsp3) is 0.250. The number of ether oxygens (including phenoxy) is 1. The molecule has 0 radical (unpaired) electrons. The predicted octanol–water partition coefficient (Wildman–Crippen LogP) is 4.77. The van der Waals surface area contributed by atoms with Crippen LogP contribution in [0.5, 0.6) is 11.5 Å². The van der Waals surface area contributed by atoms with Gasteiger partial charge < -0.3 is 15.2 Å². The van der Waals surface area contributed by atoms with Crippen molar-refractivity contribution in [1.29, 1.82) is 0 Å². The summed E-state index contributed by atoms with van der Waals surface area (Å²) in [5, 5.41) is 15.0. The van der Waals surface area contributed by atoms with E-state index in [1.165, 1.54) is 0 Å². The van der Waals surface area contributed by atoms with E-state index in [0.29, 0.717) is 30.2 Å². The number of hydrogen-bond acceptors (Lipinski definition) is 5. The Morgan fingerprint density at radius 3 is 2.42 bits per heavy atom. The molecule has 0 saturated carbocycles. The standard InChI is InChI=1S/C32H29N3O3/c36-31(34-21-25-14-18-33-30-4-2-1-3-29(25)30)24-7-11-28(12-8-24)38-27-9-5-23(6-10-27)13-17-32(37)22-35-19-15-26(32)16-20-35/h1-12,14,18,26,37H,15-16,19-22H2,(H,34,36)/t32-/m0/s1. The molecule has 6 heteroatoms. The summed E-state index contributed by atoms with van der Waals surface area (Å²) in [6, 6.07) is 24.4. The molecule has 6 nitrogen and oxygen atoms in total. The van der Waals surface area contributed by atoms with Crippen LogP contribution < -0.4 is 10.1 Å². The predicted molar refractivity (Wildman–Crippen MR) is 147 cm³/mol. The van der Waals surface area contributed by atoms with Gasteiger partial charge in [0, 0.05) is 41.7 Å². The number of amides is 1. The number of nitrogens with zero attached hydrogens (tertiary/aromatic N) is 2. The Hall–Kier alpha value is -4.18. The topological polar surface area (TPSA) is 74.7 Å². The number of piperidine rings is 3. The largest absolute Gasteiger partial charge is 0.457 e. The Kier molecular flexibility index (Phi) is 6.55. The van der Waals surface area contributed by atoms with Crippen molar-refractivity contribution >= 4 is 16.8 Å². The highest BCUT2D eigenvalue weighted by molar-refractivity contribution is 5.94. The van der Waals surface area contributed by atoms with Crippen molar-refractivity contribution in [2.45, 2.75) is 25.0 Å². The number of benzene rings is 3. The molecule has 3 aliphatic heterocycles. The number of carbonyl (C=O) groups excluding carboxylic acids is 1. The van der Waals surface area contributed by atoms with E-state index < -0.39 is 5.60 Å². The van der Waals surface area contributed by atoms with Crippen LogP contribution in [-0.2, 0) is 6.54 Å². The summed E-state index contributed by atoms with van der Waals surface area (Å²) in [5.41, 5.74) is 2.43. The average Bonchev–Trinajstić information content (AvgIpc) is 2.96. The number of fused-ring (bicyclic) bond motifs is 4. The first-order valence-electron chi connectivity index (χ1n) is 13.0. The SMILES string of the molecule is O=C(NCc1ccnc2ccccc12)c1ccc(Oc2ccc(C#C[C@]3(O)CN4CCC3CC4)cc2)cc1. The number of nitrogens with one attached hydrogen (secondary N) is 1. The highest BCUT2D eigenvalue weighted by Gasteiger charge is 2.44. The van der Waals surface area contributed by atoms with E-state index in [1.807, 2.05) is 54.6 Å². The van der Waals surface area contributed by atoms with Crippen LogP contribution in [0.4, 0.5) is 0 Å². The van der Waals surface area contributed by atoms with E-state index in [4.69, 9.17) is 4.74 Å². The molecular formula is C32H29N3O3. The Bertz CT molecular complexity index is 1510. The van der Waals surface area contributed by atoms with Crippen LogP contribution in [0.15, 0.2) is 85.1 Å². The van der Waals surface area contributed by atoms with Crippen LogP contribution in [0.2, 0.25) is 0 Å². The monoisotopic (exact) mass is 503 g/mol. The van der Waals surface area contributed by atoms with Crippen LogP contribution in [0, 0.1) is 17.8 Å². The van der Waals surface area contributed by atoms with Crippen molar-refractivity contribution in [1.82, 2.24) is 15.2 Å². The zero-order valence-corrected chi connectivity index (χ0v) is 21.1. The van der Waals surface area contributed by atoms with Crippen molar-refractivity contribution in [3.05, 3.63) is 102 Å². The van der Waals surface area contributed by atoms with Crippen molar-refractivity contribution in [3.63, 3.8) is 0 Å². The minimum atomic E-state index is -0.911. The molecule has 0 unspecified atom stereocenters. The lowest BCUT2D eigenvalue weighted by atomic mass is 9.76. The maximum atomic E-state index is 12.7. The zero-order valence-electron chi connectivity index (χ0n) is 21.1. The molecular weight excluding hydrogens is 474 g/mol. The van der Waals surface area contributed by atoms with E-state index in [2.05, 4.69) is 27.0 Å². The van der Waals surface area contributed by atoms with Crippen molar-refractivity contribution in [3.8, 4) is 23.3 Å². The number of aliphatic hydroxyl groups is 1. The molecule has 3 fully saturated rings. The number of aromatic nitrogens is 1. The second-order valence-corrected chi connectivity index (χ2v) is 10.0. The van der Waals surface area contributed by atoms with Gasteiger partial charge in [-0.3, -0.25) is 14.7 Å². The third-order valence-corrected chi connectivity index (χ3v) is 7.54. The van der Waals surface area contributed by atoms with Gasteiger partial charge in [0.25, 0.3) is 5.91 Å². The molecule has 0 spiro atoms. The van der Waals surface area contributed by atoms with Gasteiger partial charge in [-0.25, -0.2) is 0 Å². The minimum Gasteiger partial charge on any atom is -0.457 e. The molecule has 1 aromatic heterocycles. The third-order valence-electron chi connectivity index (χ3n) is 7.54. The average molecular weight is 504 g/mol. The van der Waals surface area contributed by atoms with E-state index in [-0.39, 0.29) is 11.8 Å². The van der Waals surface area contributed by atoms with E-state index >= 15 is 0 Å². The van der Waals surface area contributed by atoms with Crippen LogP contribution in [0.1, 0.15) is 34.3 Å². The quantitative estimate of drug-likeness (QED) is 0.384. The fourth-order valence-electron chi connectivity index (χ4n) is 5.36. The van der Waals surface area contributed by atoms with Gasteiger partial charge in [-0.1, -0.05) is 30.0 Å². The normalized spacial score (nSPS) is 21.9. The van der Waals surface area contributed by atoms with Gasteiger partial charge in [-0.15, -0.1) is 0 Å². The number of hydrogen-bond donors (Lipinski definition) is 2. The second kappa shape index (κ2) is 10.3. The summed E-state index contributed by atoms with van der Waals surface area (Å²) in [5.74, 6) is 7.74. The Morgan fingerprint density at radius 1 is 1.00 bits per heavy atom. The van der Waals surface area contributed by atoms with Crippen molar-refractivity contribution in [2.24, 2.45) is 5.92 Å². The van der Waals surface area contributed by atoms with Crippen molar-refractivity contribution < 1.29 is 14.6 Å². The van der Waals surface area contributed by atoms with E-state index in [0.717, 1.165) is 48.0 Å². The van der Waals surface area contributed by atoms with E-state index in [9.17, 15) is 9.90 Å². The summed E-state index contributed by atoms with van der Waals surface area (Å²) in [7, 11) is 0. The van der Waals surface area contributed by atoms with Crippen LogP contribution in [-0.4, -0.2) is 46.1 Å². The molecule has 1 amide bonds. The number of para-hydroxylation sites is 1. The van der Waals surface area contributed by atoms with Crippen molar-refractivity contribution in [2.75, 3.05) is 19.6 Å². The molecule has 4 heterocycles. The summed E-state index contributed by atoms with van der Waals surface area (Å²) in [4.78, 5) is 19.4. The maximum absolute atomic E-state index is 12.7. The van der Waals surface area contributed by atoms with Gasteiger partial charge in [0.15, 0.2) is 0 Å². The molecule has 4 aromatic rings. The summed E-state index contributed by atoms with van der Waals surface area (Å²) < 4.78 is 5.96. The minimum absolute atomic E-state index is 0.148. The molecule has 0 aliphatic carbocycles. The Labute approximate surface area is 222 Å². The van der Waals surface area contributed by atoms with E-state index in [1.54, 1.807) is 30.5 Å². The molecule has 3 aliphatic rings. The molecule has 3 saturated heterocycles. The zero-order chi connectivity index (χ0) is 26.0. The molecule has 38 heavy (non-hydrogen) atoms. The van der Waals surface area contributed by atoms with Crippen LogP contribution in [0.25, 0.3) is 10.9 Å². The highest BCUT2D eigenvalue weighted by atomic mass is 16.5. The number of carbonyl (C=O) groups is 1. The lowest BCUT2D eigenvalue weighted by molar-refractivity contribution is -0.0713. The van der Waals surface area contributed by atoms with Gasteiger partial charge in [-0.05, 0) is 92.2 Å². The van der Waals surface area contributed by atoms with Crippen LogP contribution >= 0.6 is 0 Å². The maximum Gasteiger partial charge on any atom is 0.251 e. The lowest BCUT2D eigenvalue weighted by Crippen LogP contribution is -2.58. The lowest BCUT2D eigenvalue weighted by Gasteiger charge is -2.47. The first-order chi connectivity index (χ1) is 18.6. The third kappa shape index (κ3) is 5.12. The molecule has 190 valence electrons. The van der Waals surface area contributed by atoms with Gasteiger partial charge in [0.1, 0.15) is 17.1 Å². The molecule has 1 atom stereocenters. The molecule has 2 bridgehead atoms. The van der Waals surface area contributed by atoms with Gasteiger partial charge in [-0.2, -0.15) is 0 Å². The Morgan fingerprint density at radius 2 is 1.71 bits per heavy atom. The van der Waals surface area contributed by atoms with Gasteiger partial charge >= 0.3 is 0 Å². The van der Waals surface area contributed by atoms with Crippen LogP contribution in [0.3, 0.4) is 0 Å². The van der Waals surface area contributed by atoms with Gasteiger partial charge in [0.05, 0.1) is 5.52 Å². The first-order valence-corrected chi connectivity index (χ1v) is 13.0. The van der Waals surface area contributed by atoms with Gasteiger partial charge in [0.2, 0.25) is 0 Å². The molecule has 2 N–H and O–H groups in total. The summed E-state index contributed by atoms with van der Waals surface area (Å²) in [6.07, 6.45) is 3.79. The summed E-state index contributed by atoms with van der Waals surface area (Å²) in [6.45, 7) is 3.19. The molecule has 7 rings (SSSR count). The summed E-state index contributed by atoms with van der Waals surface area (Å²) >= 11 is 0. The fourth-order valence-corrected chi connectivity index (χ4v) is 5.36. The smallest absolute Gasteiger partial charge is 0.251 e.